The average molecular weight is 265 g/mol. The molecular formula is C13H17ClN4. The van der Waals surface area contributed by atoms with Crippen molar-refractivity contribution < 1.29 is 0 Å². The van der Waals surface area contributed by atoms with E-state index in [0.29, 0.717) is 18.0 Å². The third-order valence-corrected chi connectivity index (χ3v) is 2.96. The maximum absolute atomic E-state index is 6.21. The first-order valence-electron chi connectivity index (χ1n) is 6.04. The fourth-order valence-electron chi connectivity index (χ4n) is 1.78. The molecular weight excluding hydrogens is 248 g/mol. The first-order valence-corrected chi connectivity index (χ1v) is 6.42. The SMILES string of the molecule is CC(C)c1nc(CCN)nn1-c1ccccc1Cl. The topological polar surface area (TPSA) is 56.7 Å². The zero-order chi connectivity index (χ0) is 13.1. The Morgan fingerprint density at radius 2 is 2.06 bits per heavy atom. The zero-order valence-corrected chi connectivity index (χ0v) is 11.4. The van der Waals surface area contributed by atoms with Crippen LogP contribution in [0.1, 0.15) is 31.4 Å². The lowest BCUT2D eigenvalue weighted by molar-refractivity contribution is 0.713. The summed E-state index contributed by atoms with van der Waals surface area (Å²) >= 11 is 6.21. The van der Waals surface area contributed by atoms with Crippen LogP contribution in [0, 0.1) is 0 Å². The Balaban J connectivity index is 2.52. The standard InChI is InChI=1S/C13H17ClN4/c1-9(2)13-16-12(7-8-15)17-18(13)11-6-4-3-5-10(11)14/h3-6,9H,7-8,15H2,1-2H3. The van der Waals surface area contributed by atoms with Gasteiger partial charge in [0.15, 0.2) is 5.82 Å². The largest absolute Gasteiger partial charge is 0.330 e. The highest BCUT2D eigenvalue weighted by Crippen LogP contribution is 2.23. The van der Waals surface area contributed by atoms with Crippen molar-refractivity contribution in [3.63, 3.8) is 0 Å². The molecule has 0 aliphatic heterocycles. The van der Waals surface area contributed by atoms with Gasteiger partial charge in [0.05, 0.1) is 10.7 Å². The van der Waals surface area contributed by atoms with Gasteiger partial charge in [0.2, 0.25) is 0 Å². The molecule has 1 heterocycles. The van der Waals surface area contributed by atoms with Crippen LogP contribution in [0.4, 0.5) is 0 Å². The summed E-state index contributed by atoms with van der Waals surface area (Å²) in [4.78, 5) is 4.53. The third-order valence-electron chi connectivity index (χ3n) is 2.64. The molecule has 2 aromatic rings. The van der Waals surface area contributed by atoms with E-state index in [2.05, 4.69) is 23.9 Å². The van der Waals surface area contributed by atoms with E-state index < -0.39 is 0 Å². The van der Waals surface area contributed by atoms with Crippen LogP contribution >= 0.6 is 11.6 Å². The van der Waals surface area contributed by atoms with Crippen molar-refractivity contribution in [1.29, 1.82) is 0 Å². The second kappa shape index (κ2) is 5.50. The normalized spacial score (nSPS) is 11.2. The van der Waals surface area contributed by atoms with Gasteiger partial charge >= 0.3 is 0 Å². The van der Waals surface area contributed by atoms with Crippen LogP contribution < -0.4 is 5.73 Å². The van der Waals surface area contributed by atoms with Crippen molar-refractivity contribution >= 4 is 11.6 Å². The van der Waals surface area contributed by atoms with Crippen molar-refractivity contribution in [1.82, 2.24) is 14.8 Å². The fourth-order valence-corrected chi connectivity index (χ4v) is 1.99. The number of hydrogen-bond donors (Lipinski definition) is 1. The molecule has 1 aromatic carbocycles. The summed E-state index contributed by atoms with van der Waals surface area (Å²) in [5, 5.41) is 5.16. The van der Waals surface area contributed by atoms with E-state index in [1.807, 2.05) is 28.9 Å². The Hall–Kier alpha value is -1.39. The van der Waals surface area contributed by atoms with E-state index in [-0.39, 0.29) is 5.92 Å². The van der Waals surface area contributed by atoms with Crippen molar-refractivity contribution in [2.24, 2.45) is 5.73 Å². The van der Waals surface area contributed by atoms with Crippen molar-refractivity contribution in [3.8, 4) is 5.69 Å². The monoisotopic (exact) mass is 264 g/mol. The molecule has 0 saturated carbocycles. The Bertz CT molecular complexity index is 534. The average Bonchev–Trinajstić information content (AvgIpc) is 2.74. The van der Waals surface area contributed by atoms with Gasteiger partial charge < -0.3 is 5.73 Å². The zero-order valence-electron chi connectivity index (χ0n) is 10.6. The number of halogens is 1. The molecule has 0 radical (unpaired) electrons. The number of nitrogens with two attached hydrogens (primary N) is 1. The van der Waals surface area contributed by atoms with Crippen LogP contribution in [0.2, 0.25) is 5.02 Å². The summed E-state index contributed by atoms with van der Waals surface area (Å²) in [6, 6.07) is 7.63. The molecule has 1 aromatic heterocycles. The summed E-state index contributed by atoms with van der Waals surface area (Å²) in [5.41, 5.74) is 6.41. The highest BCUT2D eigenvalue weighted by Gasteiger charge is 2.15. The number of aromatic nitrogens is 3. The van der Waals surface area contributed by atoms with Crippen LogP contribution in [0.25, 0.3) is 5.69 Å². The molecule has 0 aliphatic carbocycles. The van der Waals surface area contributed by atoms with Crippen LogP contribution in [-0.4, -0.2) is 21.3 Å². The first kappa shape index (κ1) is 13.1. The van der Waals surface area contributed by atoms with Gasteiger partial charge in [0.25, 0.3) is 0 Å². The van der Waals surface area contributed by atoms with E-state index in [4.69, 9.17) is 17.3 Å². The molecule has 0 bridgehead atoms. The Labute approximate surface area is 112 Å². The quantitative estimate of drug-likeness (QED) is 0.923. The lowest BCUT2D eigenvalue weighted by Gasteiger charge is -2.09. The maximum atomic E-state index is 6.21. The number of para-hydroxylation sites is 1. The van der Waals surface area contributed by atoms with Gasteiger partial charge in [-0.3, -0.25) is 0 Å². The van der Waals surface area contributed by atoms with E-state index in [9.17, 15) is 0 Å². The van der Waals surface area contributed by atoms with Gasteiger partial charge in [0.1, 0.15) is 5.82 Å². The molecule has 0 spiro atoms. The second-order valence-electron chi connectivity index (χ2n) is 4.44. The molecule has 18 heavy (non-hydrogen) atoms. The molecule has 0 aliphatic rings. The molecule has 4 nitrogen and oxygen atoms in total. The molecule has 0 atom stereocenters. The molecule has 0 saturated heterocycles. The molecule has 2 rings (SSSR count). The Morgan fingerprint density at radius 1 is 1.33 bits per heavy atom. The number of benzene rings is 1. The van der Waals surface area contributed by atoms with Crippen molar-refractivity contribution in [2.45, 2.75) is 26.2 Å². The summed E-state index contributed by atoms with van der Waals surface area (Å²) in [6.45, 7) is 4.72. The molecule has 96 valence electrons. The predicted octanol–water partition coefficient (Wildman–Crippen LogP) is 2.55. The van der Waals surface area contributed by atoms with Gasteiger partial charge in [-0.2, -0.15) is 5.10 Å². The number of rotatable bonds is 4. The molecule has 5 heteroatoms. The highest BCUT2D eigenvalue weighted by molar-refractivity contribution is 6.32. The van der Waals surface area contributed by atoms with Crippen LogP contribution in [-0.2, 0) is 6.42 Å². The minimum absolute atomic E-state index is 0.278. The lowest BCUT2D eigenvalue weighted by atomic mass is 10.2. The smallest absolute Gasteiger partial charge is 0.152 e. The third kappa shape index (κ3) is 2.54. The van der Waals surface area contributed by atoms with Gasteiger partial charge in [-0.05, 0) is 18.7 Å². The number of hydrogen-bond acceptors (Lipinski definition) is 3. The van der Waals surface area contributed by atoms with Gasteiger partial charge in [-0.1, -0.05) is 37.6 Å². The van der Waals surface area contributed by atoms with Gasteiger partial charge in [-0.25, -0.2) is 9.67 Å². The Kier molecular flexibility index (Phi) is 3.99. The van der Waals surface area contributed by atoms with Crippen molar-refractivity contribution in [3.05, 3.63) is 40.9 Å². The minimum atomic E-state index is 0.278. The van der Waals surface area contributed by atoms with Crippen LogP contribution in [0.5, 0.6) is 0 Å². The van der Waals surface area contributed by atoms with E-state index >= 15 is 0 Å². The molecule has 2 N–H and O–H groups in total. The van der Waals surface area contributed by atoms with E-state index in [1.165, 1.54) is 0 Å². The summed E-state index contributed by atoms with van der Waals surface area (Å²) in [5.74, 6) is 1.95. The second-order valence-corrected chi connectivity index (χ2v) is 4.85. The predicted molar refractivity (Wildman–Crippen MR) is 73.2 cm³/mol. The van der Waals surface area contributed by atoms with Crippen LogP contribution in [0.15, 0.2) is 24.3 Å². The first-order chi connectivity index (χ1) is 8.63. The summed E-state index contributed by atoms with van der Waals surface area (Å²) < 4.78 is 1.82. The summed E-state index contributed by atoms with van der Waals surface area (Å²) in [7, 11) is 0. The molecule has 0 unspecified atom stereocenters. The van der Waals surface area contributed by atoms with Gasteiger partial charge in [0, 0.05) is 12.3 Å². The van der Waals surface area contributed by atoms with E-state index in [0.717, 1.165) is 17.3 Å². The number of nitrogens with zero attached hydrogens (tertiary/aromatic N) is 3. The van der Waals surface area contributed by atoms with Gasteiger partial charge in [-0.15, -0.1) is 0 Å². The van der Waals surface area contributed by atoms with Crippen molar-refractivity contribution in [2.75, 3.05) is 6.54 Å². The fraction of sp³-hybridized carbons (Fsp3) is 0.385. The lowest BCUT2D eigenvalue weighted by Crippen LogP contribution is -2.06. The Morgan fingerprint density at radius 3 is 2.67 bits per heavy atom. The maximum Gasteiger partial charge on any atom is 0.152 e. The highest BCUT2D eigenvalue weighted by atomic mass is 35.5. The summed E-state index contributed by atoms with van der Waals surface area (Å²) in [6.07, 6.45) is 0.678. The van der Waals surface area contributed by atoms with E-state index in [1.54, 1.807) is 0 Å². The minimum Gasteiger partial charge on any atom is -0.330 e. The molecule has 0 amide bonds. The van der Waals surface area contributed by atoms with Crippen LogP contribution in [0.3, 0.4) is 0 Å². The molecule has 0 fully saturated rings.